The summed E-state index contributed by atoms with van der Waals surface area (Å²) in [4.78, 5) is 14.0. The number of nitrogens with zero attached hydrogens (tertiary/aromatic N) is 4. The van der Waals surface area contributed by atoms with E-state index in [0.29, 0.717) is 16.5 Å². The van der Waals surface area contributed by atoms with E-state index in [1.807, 2.05) is 24.1 Å². The van der Waals surface area contributed by atoms with Gasteiger partial charge in [0.1, 0.15) is 17.3 Å². The van der Waals surface area contributed by atoms with E-state index in [9.17, 15) is 5.11 Å². The molecule has 1 N–H and O–H groups in total. The standard InChI is InChI=1S/C13H15ClN4O/c1-18(7-4-10-2-5-15-6-3-10)13-11(8-19)12(14)16-9-17-13/h2-3,5-6,9,19H,4,7-8H2,1H3. The second-order valence-electron chi connectivity index (χ2n) is 4.15. The van der Waals surface area contributed by atoms with Crippen LogP contribution < -0.4 is 4.90 Å². The summed E-state index contributed by atoms with van der Waals surface area (Å²) in [6, 6.07) is 3.96. The lowest BCUT2D eigenvalue weighted by molar-refractivity contribution is 0.281. The molecule has 0 aromatic carbocycles. The van der Waals surface area contributed by atoms with Gasteiger partial charge in [-0.1, -0.05) is 11.6 Å². The summed E-state index contributed by atoms with van der Waals surface area (Å²) in [6.07, 6.45) is 5.82. The number of aliphatic hydroxyl groups is 1. The van der Waals surface area contributed by atoms with Crippen LogP contribution in [0.1, 0.15) is 11.1 Å². The number of hydrogen-bond donors (Lipinski definition) is 1. The van der Waals surface area contributed by atoms with Crippen molar-refractivity contribution in [3.8, 4) is 0 Å². The Morgan fingerprint density at radius 3 is 2.68 bits per heavy atom. The lowest BCUT2D eigenvalue weighted by atomic mass is 10.2. The second kappa shape index (κ2) is 6.45. The van der Waals surface area contributed by atoms with Gasteiger partial charge in [-0.15, -0.1) is 0 Å². The molecule has 2 heterocycles. The molecule has 0 saturated carbocycles. The van der Waals surface area contributed by atoms with Crippen molar-refractivity contribution in [2.75, 3.05) is 18.5 Å². The van der Waals surface area contributed by atoms with Crippen molar-refractivity contribution in [2.24, 2.45) is 0 Å². The Hall–Kier alpha value is -1.72. The molecule has 2 aromatic rings. The maximum absolute atomic E-state index is 9.33. The van der Waals surface area contributed by atoms with Gasteiger partial charge in [0.15, 0.2) is 0 Å². The van der Waals surface area contributed by atoms with Crippen molar-refractivity contribution in [1.29, 1.82) is 0 Å². The summed E-state index contributed by atoms with van der Waals surface area (Å²) in [5.41, 5.74) is 1.76. The van der Waals surface area contributed by atoms with Crippen LogP contribution in [0.15, 0.2) is 30.9 Å². The molecular weight excluding hydrogens is 264 g/mol. The molecule has 6 heteroatoms. The molecule has 100 valence electrons. The zero-order valence-electron chi connectivity index (χ0n) is 10.6. The first kappa shape index (κ1) is 13.7. The number of aliphatic hydroxyl groups excluding tert-OH is 1. The Morgan fingerprint density at radius 1 is 1.26 bits per heavy atom. The van der Waals surface area contributed by atoms with Crippen LogP contribution >= 0.6 is 11.6 Å². The van der Waals surface area contributed by atoms with Gasteiger partial charge < -0.3 is 10.0 Å². The topological polar surface area (TPSA) is 62.1 Å². The van der Waals surface area contributed by atoms with E-state index in [0.717, 1.165) is 13.0 Å². The first-order valence-corrected chi connectivity index (χ1v) is 6.30. The van der Waals surface area contributed by atoms with Gasteiger partial charge in [0, 0.05) is 26.0 Å². The van der Waals surface area contributed by atoms with Crippen LogP contribution in [0.4, 0.5) is 5.82 Å². The van der Waals surface area contributed by atoms with Gasteiger partial charge >= 0.3 is 0 Å². The van der Waals surface area contributed by atoms with E-state index >= 15 is 0 Å². The molecule has 0 fully saturated rings. The first-order chi connectivity index (χ1) is 9.22. The fourth-order valence-corrected chi connectivity index (χ4v) is 1.99. The van der Waals surface area contributed by atoms with Gasteiger partial charge in [-0.3, -0.25) is 4.98 Å². The Kier molecular flexibility index (Phi) is 4.65. The third kappa shape index (κ3) is 3.39. The molecule has 19 heavy (non-hydrogen) atoms. The number of rotatable bonds is 5. The summed E-state index contributed by atoms with van der Waals surface area (Å²) in [5, 5.41) is 9.63. The normalized spacial score (nSPS) is 10.5. The smallest absolute Gasteiger partial charge is 0.140 e. The quantitative estimate of drug-likeness (QED) is 0.844. The van der Waals surface area contributed by atoms with Crippen molar-refractivity contribution >= 4 is 17.4 Å². The number of aromatic nitrogens is 3. The van der Waals surface area contributed by atoms with Gasteiger partial charge in [0.2, 0.25) is 0 Å². The number of halogens is 1. The third-order valence-electron chi connectivity index (χ3n) is 2.87. The number of pyridine rings is 1. The van der Waals surface area contributed by atoms with E-state index < -0.39 is 0 Å². The van der Waals surface area contributed by atoms with Crippen LogP contribution in [0.5, 0.6) is 0 Å². The van der Waals surface area contributed by atoms with Gasteiger partial charge in [-0.05, 0) is 24.1 Å². The number of hydrogen-bond acceptors (Lipinski definition) is 5. The fraction of sp³-hybridized carbons (Fsp3) is 0.308. The minimum Gasteiger partial charge on any atom is -0.391 e. The molecule has 2 rings (SSSR count). The lowest BCUT2D eigenvalue weighted by Gasteiger charge is -2.20. The highest BCUT2D eigenvalue weighted by molar-refractivity contribution is 6.30. The average molecular weight is 279 g/mol. The Balaban J connectivity index is 2.08. The Bertz CT molecular complexity index is 535. The van der Waals surface area contributed by atoms with Crippen LogP contribution in [-0.4, -0.2) is 33.7 Å². The lowest BCUT2D eigenvalue weighted by Crippen LogP contribution is -2.23. The van der Waals surface area contributed by atoms with E-state index in [4.69, 9.17) is 11.6 Å². The summed E-state index contributed by atoms with van der Waals surface area (Å²) in [5.74, 6) is 0.663. The van der Waals surface area contributed by atoms with E-state index in [-0.39, 0.29) is 6.61 Å². The van der Waals surface area contributed by atoms with Crippen LogP contribution in [0.3, 0.4) is 0 Å². The largest absolute Gasteiger partial charge is 0.391 e. The molecule has 5 nitrogen and oxygen atoms in total. The zero-order chi connectivity index (χ0) is 13.7. The highest BCUT2D eigenvalue weighted by Crippen LogP contribution is 2.22. The van der Waals surface area contributed by atoms with Gasteiger partial charge in [0.25, 0.3) is 0 Å². The maximum Gasteiger partial charge on any atom is 0.140 e. The van der Waals surface area contributed by atoms with Gasteiger partial charge in [-0.25, -0.2) is 9.97 Å². The monoisotopic (exact) mass is 278 g/mol. The first-order valence-electron chi connectivity index (χ1n) is 5.92. The zero-order valence-corrected chi connectivity index (χ0v) is 11.4. The molecule has 0 bridgehead atoms. The summed E-state index contributed by atoms with van der Waals surface area (Å²) >= 11 is 5.94. The molecule has 0 aliphatic rings. The second-order valence-corrected chi connectivity index (χ2v) is 4.51. The highest BCUT2D eigenvalue weighted by Gasteiger charge is 2.12. The van der Waals surface area contributed by atoms with Crippen molar-refractivity contribution < 1.29 is 5.11 Å². The minimum atomic E-state index is -0.172. The van der Waals surface area contributed by atoms with Crippen LogP contribution in [-0.2, 0) is 13.0 Å². The minimum absolute atomic E-state index is 0.172. The average Bonchev–Trinajstić information content (AvgIpc) is 2.45. The van der Waals surface area contributed by atoms with Crippen molar-refractivity contribution in [2.45, 2.75) is 13.0 Å². The third-order valence-corrected chi connectivity index (χ3v) is 3.20. The summed E-state index contributed by atoms with van der Waals surface area (Å²) in [6.45, 7) is 0.596. The predicted octanol–water partition coefficient (Wildman–Crippen LogP) is 1.70. The van der Waals surface area contributed by atoms with Crippen molar-refractivity contribution in [3.63, 3.8) is 0 Å². The SMILES string of the molecule is CN(CCc1ccncc1)c1ncnc(Cl)c1CO. The molecule has 0 aliphatic heterocycles. The molecule has 2 aromatic heterocycles. The molecule has 0 unspecified atom stereocenters. The van der Waals surface area contributed by atoms with Gasteiger partial charge in [0.05, 0.1) is 12.2 Å². The van der Waals surface area contributed by atoms with Crippen LogP contribution in [0, 0.1) is 0 Å². The summed E-state index contributed by atoms with van der Waals surface area (Å²) < 4.78 is 0. The molecular formula is C13H15ClN4O. The molecule has 0 amide bonds. The molecule has 0 radical (unpaired) electrons. The van der Waals surface area contributed by atoms with Crippen LogP contribution in [0.2, 0.25) is 5.15 Å². The molecule has 0 spiro atoms. The molecule has 0 aliphatic carbocycles. The molecule has 0 atom stereocenters. The molecule has 0 saturated heterocycles. The highest BCUT2D eigenvalue weighted by atomic mass is 35.5. The number of likely N-dealkylation sites (N-methyl/N-ethyl adjacent to an activating group) is 1. The van der Waals surface area contributed by atoms with Gasteiger partial charge in [-0.2, -0.15) is 0 Å². The fourth-order valence-electron chi connectivity index (χ4n) is 1.80. The van der Waals surface area contributed by atoms with E-state index in [1.165, 1.54) is 11.9 Å². The predicted molar refractivity (Wildman–Crippen MR) is 74.2 cm³/mol. The Morgan fingerprint density at radius 2 is 2.00 bits per heavy atom. The van der Waals surface area contributed by atoms with Crippen molar-refractivity contribution in [1.82, 2.24) is 15.0 Å². The Labute approximate surface area is 116 Å². The van der Waals surface area contributed by atoms with Crippen LogP contribution in [0.25, 0.3) is 0 Å². The van der Waals surface area contributed by atoms with E-state index in [2.05, 4.69) is 15.0 Å². The summed E-state index contributed by atoms with van der Waals surface area (Å²) in [7, 11) is 1.92. The van der Waals surface area contributed by atoms with Crippen molar-refractivity contribution in [3.05, 3.63) is 47.1 Å². The maximum atomic E-state index is 9.33. The number of anilines is 1. The van der Waals surface area contributed by atoms with E-state index in [1.54, 1.807) is 12.4 Å².